The Kier molecular flexibility index (Phi) is 6.06. The second-order valence-corrected chi connectivity index (χ2v) is 7.97. The lowest BCUT2D eigenvalue weighted by Crippen LogP contribution is -2.32. The van der Waals surface area contributed by atoms with Crippen LogP contribution < -0.4 is 9.46 Å². The quantitative estimate of drug-likeness (QED) is 0.828. The Hall–Kier alpha value is -1.11. The van der Waals surface area contributed by atoms with Crippen molar-refractivity contribution in [3.05, 3.63) is 23.3 Å². The van der Waals surface area contributed by atoms with Gasteiger partial charge in [-0.3, -0.25) is 0 Å². The van der Waals surface area contributed by atoms with E-state index in [0.29, 0.717) is 30.2 Å². The van der Waals surface area contributed by atoms with Crippen molar-refractivity contribution in [2.45, 2.75) is 57.5 Å². The lowest BCUT2D eigenvalue weighted by molar-refractivity contribution is 0.114. The van der Waals surface area contributed by atoms with Gasteiger partial charge in [-0.1, -0.05) is 13.8 Å². The summed E-state index contributed by atoms with van der Waals surface area (Å²) < 4.78 is 39.1. The molecule has 1 aliphatic rings. The monoisotopic (exact) mass is 341 g/mol. The van der Waals surface area contributed by atoms with E-state index in [1.165, 1.54) is 0 Å². The highest BCUT2D eigenvalue weighted by Crippen LogP contribution is 2.31. The summed E-state index contributed by atoms with van der Waals surface area (Å²) in [6.07, 6.45) is 1.88. The van der Waals surface area contributed by atoms with Crippen LogP contribution in [-0.2, 0) is 14.8 Å². The van der Waals surface area contributed by atoms with Crippen LogP contribution in [0.1, 0.15) is 50.7 Å². The van der Waals surface area contributed by atoms with Gasteiger partial charge in [-0.05, 0) is 55.9 Å². The van der Waals surface area contributed by atoms with Gasteiger partial charge in [0.1, 0.15) is 5.75 Å². The summed E-state index contributed by atoms with van der Waals surface area (Å²) in [5, 5.41) is 0. The lowest BCUT2D eigenvalue weighted by Gasteiger charge is -2.18. The van der Waals surface area contributed by atoms with E-state index in [1.807, 2.05) is 26.8 Å². The molecule has 1 fully saturated rings. The standard InChI is InChI=1S/C17H27NO4S/c1-5-21-16-9-13(4)17(10-15(16)12(2)3)23(19,20)18-11-14-7-6-8-22-14/h9-10,12,14,18H,5-8,11H2,1-4H3. The Morgan fingerprint density at radius 1 is 1.39 bits per heavy atom. The minimum Gasteiger partial charge on any atom is -0.494 e. The van der Waals surface area contributed by atoms with E-state index in [2.05, 4.69) is 4.72 Å². The predicted octanol–water partition coefficient (Wildman–Crippen LogP) is 2.97. The third-order valence-corrected chi connectivity index (χ3v) is 5.61. The molecule has 130 valence electrons. The summed E-state index contributed by atoms with van der Waals surface area (Å²) in [6.45, 7) is 9.38. The molecule has 0 amide bonds. The van der Waals surface area contributed by atoms with Crippen molar-refractivity contribution in [3.8, 4) is 5.75 Å². The molecule has 2 rings (SSSR count). The Morgan fingerprint density at radius 2 is 2.13 bits per heavy atom. The van der Waals surface area contributed by atoms with E-state index in [0.717, 1.165) is 24.2 Å². The molecule has 1 aromatic rings. The van der Waals surface area contributed by atoms with Crippen LogP contribution in [-0.4, -0.2) is 34.3 Å². The number of nitrogens with one attached hydrogen (secondary N) is 1. The molecule has 0 radical (unpaired) electrons. The first-order valence-corrected chi connectivity index (χ1v) is 9.72. The predicted molar refractivity (Wildman–Crippen MR) is 90.6 cm³/mol. The number of benzene rings is 1. The highest BCUT2D eigenvalue weighted by atomic mass is 32.2. The third kappa shape index (κ3) is 4.46. The van der Waals surface area contributed by atoms with Crippen molar-refractivity contribution >= 4 is 10.0 Å². The fraction of sp³-hybridized carbons (Fsp3) is 0.647. The molecule has 6 heteroatoms. The van der Waals surface area contributed by atoms with Gasteiger partial charge < -0.3 is 9.47 Å². The maximum Gasteiger partial charge on any atom is 0.240 e. The molecule has 1 N–H and O–H groups in total. The Bertz CT molecular complexity index is 634. The molecule has 1 saturated heterocycles. The zero-order chi connectivity index (χ0) is 17.0. The lowest BCUT2D eigenvalue weighted by atomic mass is 10.0. The summed E-state index contributed by atoms with van der Waals surface area (Å²) in [7, 11) is -3.55. The zero-order valence-corrected chi connectivity index (χ0v) is 15.2. The number of hydrogen-bond donors (Lipinski definition) is 1. The molecule has 5 nitrogen and oxygen atoms in total. The molecule has 23 heavy (non-hydrogen) atoms. The van der Waals surface area contributed by atoms with Crippen LogP contribution in [0.3, 0.4) is 0 Å². The highest BCUT2D eigenvalue weighted by molar-refractivity contribution is 7.89. The van der Waals surface area contributed by atoms with Crippen molar-refractivity contribution in [2.24, 2.45) is 0 Å². The number of sulfonamides is 1. The van der Waals surface area contributed by atoms with Crippen molar-refractivity contribution in [2.75, 3.05) is 19.8 Å². The molecule has 1 unspecified atom stereocenters. The van der Waals surface area contributed by atoms with Crippen LogP contribution in [0.5, 0.6) is 5.75 Å². The van der Waals surface area contributed by atoms with Crippen molar-refractivity contribution < 1.29 is 17.9 Å². The second kappa shape index (κ2) is 7.64. The largest absolute Gasteiger partial charge is 0.494 e. The van der Waals surface area contributed by atoms with Crippen molar-refractivity contribution in [3.63, 3.8) is 0 Å². The average Bonchev–Trinajstić information content (AvgIpc) is 2.98. The average molecular weight is 341 g/mol. The fourth-order valence-electron chi connectivity index (χ4n) is 2.78. The minimum atomic E-state index is -3.55. The number of rotatable bonds is 7. The van der Waals surface area contributed by atoms with Crippen LogP contribution in [0, 0.1) is 6.92 Å². The van der Waals surface area contributed by atoms with Crippen LogP contribution in [0.15, 0.2) is 17.0 Å². The summed E-state index contributed by atoms with van der Waals surface area (Å²) in [4.78, 5) is 0.322. The fourth-order valence-corrected chi connectivity index (χ4v) is 4.11. The first-order valence-electron chi connectivity index (χ1n) is 8.23. The molecule has 0 saturated carbocycles. The number of ether oxygens (including phenoxy) is 2. The van der Waals surface area contributed by atoms with Crippen LogP contribution in [0.4, 0.5) is 0 Å². The Morgan fingerprint density at radius 3 is 2.70 bits per heavy atom. The summed E-state index contributed by atoms with van der Waals surface area (Å²) in [5.74, 6) is 0.947. The van der Waals surface area contributed by atoms with E-state index in [1.54, 1.807) is 13.0 Å². The molecule has 0 aromatic heterocycles. The molecule has 0 bridgehead atoms. The van der Waals surface area contributed by atoms with E-state index < -0.39 is 10.0 Å². The second-order valence-electron chi connectivity index (χ2n) is 6.23. The number of hydrogen-bond acceptors (Lipinski definition) is 4. The SMILES string of the molecule is CCOc1cc(C)c(S(=O)(=O)NCC2CCCO2)cc1C(C)C. The van der Waals surface area contributed by atoms with Gasteiger partial charge in [0.05, 0.1) is 17.6 Å². The molecule has 1 aliphatic heterocycles. The van der Waals surface area contributed by atoms with Crippen molar-refractivity contribution in [1.82, 2.24) is 4.72 Å². The zero-order valence-electron chi connectivity index (χ0n) is 14.4. The van der Waals surface area contributed by atoms with Gasteiger partial charge in [-0.15, -0.1) is 0 Å². The van der Waals surface area contributed by atoms with E-state index in [4.69, 9.17) is 9.47 Å². The molecule has 1 heterocycles. The van der Waals surface area contributed by atoms with E-state index in [-0.39, 0.29) is 12.0 Å². The van der Waals surface area contributed by atoms with Gasteiger partial charge in [-0.2, -0.15) is 0 Å². The van der Waals surface area contributed by atoms with Crippen LogP contribution in [0.25, 0.3) is 0 Å². The normalized spacial score (nSPS) is 18.6. The molecular weight excluding hydrogens is 314 g/mol. The van der Waals surface area contributed by atoms with E-state index >= 15 is 0 Å². The maximum atomic E-state index is 12.6. The summed E-state index contributed by atoms with van der Waals surface area (Å²) >= 11 is 0. The first-order chi connectivity index (χ1) is 10.8. The van der Waals surface area contributed by atoms with Crippen LogP contribution >= 0.6 is 0 Å². The van der Waals surface area contributed by atoms with Gasteiger partial charge in [0.25, 0.3) is 0 Å². The molecule has 1 aromatic carbocycles. The highest BCUT2D eigenvalue weighted by Gasteiger charge is 2.23. The Labute approximate surface area is 139 Å². The smallest absolute Gasteiger partial charge is 0.240 e. The number of aryl methyl sites for hydroxylation is 1. The molecule has 0 aliphatic carbocycles. The van der Waals surface area contributed by atoms with Gasteiger partial charge in [0, 0.05) is 13.2 Å². The minimum absolute atomic E-state index is 0.0163. The summed E-state index contributed by atoms with van der Waals surface area (Å²) in [6, 6.07) is 3.56. The molecule has 0 spiro atoms. The van der Waals surface area contributed by atoms with Crippen LogP contribution in [0.2, 0.25) is 0 Å². The van der Waals surface area contributed by atoms with Gasteiger partial charge in [0.15, 0.2) is 0 Å². The third-order valence-electron chi connectivity index (χ3n) is 4.04. The first kappa shape index (κ1) is 18.2. The summed E-state index contributed by atoms with van der Waals surface area (Å²) in [5.41, 5.74) is 1.60. The Balaban J connectivity index is 2.27. The maximum absolute atomic E-state index is 12.6. The van der Waals surface area contributed by atoms with Crippen molar-refractivity contribution in [1.29, 1.82) is 0 Å². The topological polar surface area (TPSA) is 64.6 Å². The van der Waals surface area contributed by atoms with Gasteiger partial charge >= 0.3 is 0 Å². The van der Waals surface area contributed by atoms with E-state index in [9.17, 15) is 8.42 Å². The molecule has 1 atom stereocenters. The van der Waals surface area contributed by atoms with Gasteiger partial charge in [-0.25, -0.2) is 13.1 Å². The van der Waals surface area contributed by atoms with Gasteiger partial charge in [0.2, 0.25) is 10.0 Å². The molecular formula is C17H27NO4S.